The molecular weight excluding hydrogens is 347 g/mol. The Kier molecular flexibility index (Phi) is 5.13. The Balaban J connectivity index is 2.40. The van der Waals surface area contributed by atoms with Crippen LogP contribution in [0.1, 0.15) is 26.5 Å². The average Bonchev–Trinajstić information content (AvgIpc) is 2.53. The molecule has 1 N–H and O–H groups in total. The van der Waals surface area contributed by atoms with Gasteiger partial charge >= 0.3 is 12.1 Å². The molecule has 2 rings (SSSR count). The molecule has 2 aromatic rings. The van der Waals surface area contributed by atoms with Gasteiger partial charge in [0.2, 0.25) is 5.12 Å². The zero-order valence-electron chi connectivity index (χ0n) is 12.1. The van der Waals surface area contributed by atoms with Gasteiger partial charge in [0, 0.05) is 4.90 Å². The van der Waals surface area contributed by atoms with Gasteiger partial charge in [0.1, 0.15) is 17.1 Å². The van der Waals surface area contributed by atoms with Crippen molar-refractivity contribution in [3.05, 3.63) is 53.3 Å². The maximum absolute atomic E-state index is 12.7. The lowest BCUT2D eigenvalue weighted by atomic mass is 10.2. The number of aromatic nitrogens is 1. The molecule has 24 heavy (non-hydrogen) atoms. The van der Waals surface area contributed by atoms with E-state index in [-0.39, 0.29) is 0 Å². The summed E-state index contributed by atoms with van der Waals surface area (Å²) in [6.45, 7) is 0. The third-order valence-corrected chi connectivity index (χ3v) is 3.73. The number of alkyl halides is 3. The Morgan fingerprint density at radius 2 is 1.92 bits per heavy atom. The first-order valence-electron chi connectivity index (χ1n) is 6.40. The fourth-order valence-electron chi connectivity index (χ4n) is 1.77. The van der Waals surface area contributed by atoms with E-state index in [0.717, 1.165) is 6.07 Å². The standard InChI is InChI=1S/C15H10F3NO4S/c1-23-8-3-2-4-9(7-8)24-14(22)12-10(13(20)21)5-6-11(19-12)15(16,17)18/h2-7H,1H3,(H,20,21). The van der Waals surface area contributed by atoms with Crippen LogP contribution in [0.15, 0.2) is 41.3 Å². The van der Waals surface area contributed by atoms with E-state index in [9.17, 15) is 22.8 Å². The van der Waals surface area contributed by atoms with Crippen LogP contribution in [0.2, 0.25) is 0 Å². The Bertz CT molecular complexity index is 793. The summed E-state index contributed by atoms with van der Waals surface area (Å²) in [6, 6.07) is 7.50. The summed E-state index contributed by atoms with van der Waals surface area (Å²) in [5.41, 5.74) is -2.68. The number of halogens is 3. The van der Waals surface area contributed by atoms with Crippen molar-refractivity contribution >= 4 is 22.8 Å². The largest absolute Gasteiger partial charge is 0.497 e. The summed E-state index contributed by atoms with van der Waals surface area (Å²) in [6.07, 6.45) is -4.79. The lowest BCUT2D eigenvalue weighted by Crippen LogP contribution is -2.15. The summed E-state index contributed by atoms with van der Waals surface area (Å²) < 4.78 is 43.2. The van der Waals surface area contributed by atoms with Gasteiger partial charge in [0.15, 0.2) is 0 Å². The van der Waals surface area contributed by atoms with E-state index in [0.29, 0.717) is 28.5 Å². The number of carboxylic acids is 1. The number of nitrogens with zero attached hydrogens (tertiary/aromatic N) is 1. The Morgan fingerprint density at radius 1 is 1.21 bits per heavy atom. The molecule has 9 heteroatoms. The van der Waals surface area contributed by atoms with E-state index in [1.165, 1.54) is 13.2 Å². The number of hydrogen-bond donors (Lipinski definition) is 1. The van der Waals surface area contributed by atoms with Gasteiger partial charge in [0.05, 0.1) is 12.7 Å². The highest BCUT2D eigenvalue weighted by Crippen LogP contribution is 2.31. The van der Waals surface area contributed by atoms with Gasteiger partial charge in [-0.15, -0.1) is 0 Å². The lowest BCUT2D eigenvalue weighted by Gasteiger charge is -2.10. The van der Waals surface area contributed by atoms with Crippen molar-refractivity contribution in [2.24, 2.45) is 0 Å². The third-order valence-electron chi connectivity index (χ3n) is 2.86. The number of thioether (sulfide) groups is 1. The van der Waals surface area contributed by atoms with Crippen molar-refractivity contribution in [3.8, 4) is 5.75 Å². The molecule has 0 saturated carbocycles. The monoisotopic (exact) mass is 357 g/mol. The number of carboxylic acid groups (broad SMARTS) is 1. The first-order chi connectivity index (χ1) is 11.2. The fraction of sp³-hybridized carbons (Fsp3) is 0.133. The van der Waals surface area contributed by atoms with Crippen molar-refractivity contribution in [2.45, 2.75) is 11.1 Å². The summed E-state index contributed by atoms with van der Waals surface area (Å²) in [5.74, 6) is -1.09. The molecule has 0 aliphatic carbocycles. The number of aromatic carboxylic acids is 1. The summed E-state index contributed by atoms with van der Waals surface area (Å²) in [5, 5.41) is 8.14. The smallest absolute Gasteiger partial charge is 0.433 e. The van der Waals surface area contributed by atoms with Gasteiger partial charge in [-0.3, -0.25) is 4.79 Å². The van der Waals surface area contributed by atoms with Crippen molar-refractivity contribution in [3.63, 3.8) is 0 Å². The first-order valence-corrected chi connectivity index (χ1v) is 7.22. The average molecular weight is 357 g/mol. The normalized spacial score (nSPS) is 11.2. The number of benzene rings is 1. The van der Waals surface area contributed by atoms with E-state index < -0.39 is 34.2 Å². The molecule has 0 fully saturated rings. The Morgan fingerprint density at radius 3 is 2.50 bits per heavy atom. The Labute approximate surface area is 138 Å². The Hall–Kier alpha value is -2.55. The van der Waals surface area contributed by atoms with Gasteiger partial charge in [-0.1, -0.05) is 6.07 Å². The van der Waals surface area contributed by atoms with Gasteiger partial charge in [-0.25, -0.2) is 9.78 Å². The number of rotatable bonds is 4. The zero-order valence-corrected chi connectivity index (χ0v) is 12.9. The molecule has 1 aromatic heterocycles. The topological polar surface area (TPSA) is 76.5 Å². The molecule has 126 valence electrons. The second kappa shape index (κ2) is 6.91. The van der Waals surface area contributed by atoms with Crippen LogP contribution in [0.4, 0.5) is 13.2 Å². The summed E-state index contributed by atoms with van der Waals surface area (Å²) >= 11 is 0.565. The highest BCUT2D eigenvalue weighted by atomic mass is 32.2. The molecule has 0 unspecified atom stereocenters. The molecule has 0 aliphatic heterocycles. The maximum atomic E-state index is 12.7. The van der Waals surface area contributed by atoms with Crippen LogP contribution >= 0.6 is 11.8 Å². The van der Waals surface area contributed by atoms with Crippen LogP contribution in [0.25, 0.3) is 0 Å². The van der Waals surface area contributed by atoms with Gasteiger partial charge < -0.3 is 9.84 Å². The molecular formula is C15H10F3NO4S. The SMILES string of the molecule is COc1cccc(SC(=O)c2nc(C(F)(F)F)ccc2C(=O)O)c1. The predicted molar refractivity (Wildman–Crippen MR) is 79.4 cm³/mol. The predicted octanol–water partition coefficient (Wildman–Crippen LogP) is 3.74. The fourth-order valence-corrected chi connectivity index (χ4v) is 2.55. The minimum atomic E-state index is -4.79. The number of pyridine rings is 1. The van der Waals surface area contributed by atoms with Crippen LogP contribution in [-0.2, 0) is 6.18 Å². The van der Waals surface area contributed by atoms with Crippen LogP contribution in [0.5, 0.6) is 5.75 Å². The lowest BCUT2D eigenvalue weighted by molar-refractivity contribution is -0.141. The molecule has 0 aliphatic rings. The highest BCUT2D eigenvalue weighted by molar-refractivity contribution is 8.14. The van der Waals surface area contributed by atoms with Gasteiger partial charge in [0.25, 0.3) is 0 Å². The number of ether oxygens (including phenoxy) is 1. The molecule has 0 atom stereocenters. The van der Waals surface area contributed by atoms with Crippen LogP contribution < -0.4 is 4.74 Å². The number of hydrogen-bond acceptors (Lipinski definition) is 5. The van der Waals surface area contributed by atoms with Crippen LogP contribution in [-0.4, -0.2) is 28.3 Å². The van der Waals surface area contributed by atoms with E-state index in [2.05, 4.69) is 4.98 Å². The van der Waals surface area contributed by atoms with E-state index in [4.69, 9.17) is 9.84 Å². The van der Waals surface area contributed by atoms with Gasteiger partial charge in [-0.2, -0.15) is 13.2 Å². The zero-order chi connectivity index (χ0) is 17.9. The van der Waals surface area contributed by atoms with Gasteiger partial charge in [-0.05, 0) is 42.1 Å². The van der Waals surface area contributed by atoms with Crippen molar-refractivity contribution in [1.29, 1.82) is 0 Å². The van der Waals surface area contributed by atoms with Crippen molar-refractivity contribution in [1.82, 2.24) is 4.98 Å². The molecule has 0 bridgehead atoms. The van der Waals surface area contributed by atoms with Crippen LogP contribution in [0, 0.1) is 0 Å². The summed E-state index contributed by atoms with van der Waals surface area (Å²) in [7, 11) is 1.42. The molecule has 1 aromatic carbocycles. The minimum absolute atomic E-state index is 0.384. The quantitative estimate of drug-likeness (QED) is 0.840. The first kappa shape index (κ1) is 17.8. The molecule has 0 saturated heterocycles. The number of carbonyl (C=O) groups is 2. The second-order valence-corrected chi connectivity index (χ2v) is 5.51. The molecule has 0 amide bonds. The van der Waals surface area contributed by atoms with E-state index >= 15 is 0 Å². The molecule has 0 spiro atoms. The molecule has 1 heterocycles. The second-order valence-electron chi connectivity index (χ2n) is 4.46. The minimum Gasteiger partial charge on any atom is -0.497 e. The summed E-state index contributed by atoms with van der Waals surface area (Å²) in [4.78, 5) is 27.0. The van der Waals surface area contributed by atoms with Crippen molar-refractivity contribution < 1.29 is 32.6 Å². The number of methoxy groups -OCH3 is 1. The maximum Gasteiger partial charge on any atom is 0.433 e. The third kappa shape index (κ3) is 4.05. The van der Waals surface area contributed by atoms with Crippen LogP contribution in [0.3, 0.4) is 0 Å². The van der Waals surface area contributed by atoms with Crippen molar-refractivity contribution in [2.75, 3.05) is 7.11 Å². The molecule has 5 nitrogen and oxygen atoms in total. The van der Waals surface area contributed by atoms with E-state index in [1.807, 2.05) is 0 Å². The molecule has 0 radical (unpaired) electrons. The highest BCUT2D eigenvalue weighted by Gasteiger charge is 2.34. The number of carbonyl (C=O) groups excluding carboxylic acids is 1. The van der Waals surface area contributed by atoms with E-state index in [1.54, 1.807) is 18.2 Å².